The van der Waals surface area contributed by atoms with Gasteiger partial charge in [-0.15, -0.1) is 11.3 Å². The highest BCUT2D eigenvalue weighted by atomic mass is 32.1. The molecule has 1 aliphatic heterocycles. The smallest absolute Gasteiger partial charge is 0.328 e. The zero-order valence-corrected chi connectivity index (χ0v) is 13.1. The van der Waals surface area contributed by atoms with Gasteiger partial charge in [0, 0.05) is 38.3 Å². The predicted octanol–water partition coefficient (Wildman–Crippen LogP) is 2.01. The standard InChI is InChI=1S/C15H20N2O3S/c1-11(2)16-6-8-17(9-7-16)15(20)14-12(5-10-21-14)3-4-13(18)19/h3-5,10-11H,6-9H2,1-2H3,(H,18,19). The molecule has 0 atom stereocenters. The van der Waals surface area contributed by atoms with E-state index in [9.17, 15) is 9.59 Å². The Kier molecular flexibility index (Phi) is 5.14. The number of thiophene rings is 1. The highest BCUT2D eigenvalue weighted by Crippen LogP contribution is 2.21. The number of carboxylic acids is 1. The predicted molar refractivity (Wildman–Crippen MR) is 83.6 cm³/mol. The molecule has 0 bridgehead atoms. The number of carbonyl (C=O) groups is 2. The molecule has 0 aromatic carbocycles. The Balaban J connectivity index is 2.05. The van der Waals surface area contributed by atoms with E-state index >= 15 is 0 Å². The highest BCUT2D eigenvalue weighted by molar-refractivity contribution is 7.12. The van der Waals surface area contributed by atoms with Crippen LogP contribution in [0, 0.1) is 0 Å². The van der Waals surface area contributed by atoms with Gasteiger partial charge in [-0.2, -0.15) is 0 Å². The molecule has 5 nitrogen and oxygen atoms in total. The van der Waals surface area contributed by atoms with Crippen LogP contribution in [0.5, 0.6) is 0 Å². The summed E-state index contributed by atoms with van der Waals surface area (Å²) in [7, 11) is 0. The molecule has 1 N–H and O–H groups in total. The quantitative estimate of drug-likeness (QED) is 0.864. The summed E-state index contributed by atoms with van der Waals surface area (Å²) in [5.74, 6) is -1.01. The molecule has 1 aliphatic rings. The van der Waals surface area contributed by atoms with Crippen LogP contribution in [0.2, 0.25) is 0 Å². The summed E-state index contributed by atoms with van der Waals surface area (Å²) < 4.78 is 0. The van der Waals surface area contributed by atoms with Crippen molar-refractivity contribution in [2.24, 2.45) is 0 Å². The van der Waals surface area contributed by atoms with Crippen LogP contribution in [0.25, 0.3) is 6.08 Å². The van der Waals surface area contributed by atoms with Gasteiger partial charge in [-0.25, -0.2) is 4.79 Å². The fourth-order valence-electron chi connectivity index (χ4n) is 2.37. The Hall–Kier alpha value is -1.66. The number of carboxylic acid groups (broad SMARTS) is 1. The van der Waals surface area contributed by atoms with Gasteiger partial charge in [-0.3, -0.25) is 9.69 Å². The van der Waals surface area contributed by atoms with Crippen molar-refractivity contribution in [2.75, 3.05) is 26.2 Å². The second-order valence-electron chi connectivity index (χ2n) is 5.30. The normalized spacial score (nSPS) is 16.8. The van der Waals surface area contributed by atoms with Gasteiger partial charge in [0.2, 0.25) is 0 Å². The van der Waals surface area contributed by atoms with Gasteiger partial charge in [-0.05, 0) is 36.9 Å². The van der Waals surface area contributed by atoms with Crippen molar-refractivity contribution in [3.63, 3.8) is 0 Å². The highest BCUT2D eigenvalue weighted by Gasteiger charge is 2.25. The average Bonchev–Trinajstić information content (AvgIpc) is 2.92. The topological polar surface area (TPSA) is 60.9 Å². The minimum atomic E-state index is -1.01. The van der Waals surface area contributed by atoms with E-state index in [0.717, 1.165) is 32.3 Å². The van der Waals surface area contributed by atoms with Crippen molar-refractivity contribution < 1.29 is 14.7 Å². The maximum Gasteiger partial charge on any atom is 0.328 e. The van der Waals surface area contributed by atoms with Crippen LogP contribution in [0.15, 0.2) is 17.5 Å². The third kappa shape index (κ3) is 3.92. The summed E-state index contributed by atoms with van der Waals surface area (Å²) >= 11 is 1.36. The molecule has 0 spiro atoms. The van der Waals surface area contributed by atoms with E-state index in [2.05, 4.69) is 18.7 Å². The van der Waals surface area contributed by atoms with Gasteiger partial charge in [0.05, 0.1) is 4.88 Å². The summed E-state index contributed by atoms with van der Waals surface area (Å²) in [5.41, 5.74) is 0.679. The Morgan fingerprint density at radius 2 is 1.95 bits per heavy atom. The van der Waals surface area contributed by atoms with Gasteiger partial charge < -0.3 is 10.0 Å². The molecule has 0 radical (unpaired) electrons. The zero-order chi connectivity index (χ0) is 15.4. The Morgan fingerprint density at radius 1 is 1.29 bits per heavy atom. The molecular formula is C15H20N2O3S. The van der Waals surface area contributed by atoms with Gasteiger partial charge >= 0.3 is 5.97 Å². The minimum Gasteiger partial charge on any atom is -0.478 e. The average molecular weight is 308 g/mol. The summed E-state index contributed by atoms with van der Waals surface area (Å²) in [6.07, 6.45) is 2.55. The molecule has 1 saturated heterocycles. The monoisotopic (exact) mass is 308 g/mol. The number of hydrogen-bond acceptors (Lipinski definition) is 4. The summed E-state index contributed by atoms with van der Waals surface area (Å²) in [4.78, 5) is 27.9. The van der Waals surface area contributed by atoms with E-state index in [1.54, 1.807) is 6.07 Å². The fraction of sp³-hybridized carbons (Fsp3) is 0.467. The summed E-state index contributed by atoms with van der Waals surface area (Å²) in [6.45, 7) is 7.52. The third-order valence-electron chi connectivity index (χ3n) is 3.63. The van der Waals surface area contributed by atoms with Gasteiger partial charge in [0.25, 0.3) is 5.91 Å². The van der Waals surface area contributed by atoms with Crippen LogP contribution in [-0.2, 0) is 4.79 Å². The van der Waals surface area contributed by atoms with Crippen molar-refractivity contribution in [2.45, 2.75) is 19.9 Å². The lowest BCUT2D eigenvalue weighted by Crippen LogP contribution is -2.50. The molecule has 2 heterocycles. The second kappa shape index (κ2) is 6.87. The molecule has 0 aliphatic carbocycles. The zero-order valence-electron chi connectivity index (χ0n) is 12.3. The van der Waals surface area contributed by atoms with Crippen LogP contribution in [0.4, 0.5) is 0 Å². The number of piperazine rings is 1. The SMILES string of the molecule is CC(C)N1CCN(C(=O)c2sccc2C=CC(=O)O)CC1. The van der Waals surface area contributed by atoms with Crippen LogP contribution < -0.4 is 0 Å². The number of rotatable bonds is 4. The number of nitrogens with zero attached hydrogens (tertiary/aromatic N) is 2. The van der Waals surface area contributed by atoms with E-state index in [4.69, 9.17) is 5.11 Å². The molecule has 1 fully saturated rings. The van der Waals surface area contributed by atoms with E-state index in [-0.39, 0.29) is 5.91 Å². The maximum absolute atomic E-state index is 12.5. The Labute approximate surface area is 128 Å². The van der Waals surface area contributed by atoms with Crippen LogP contribution in [0.1, 0.15) is 29.1 Å². The molecule has 1 aromatic heterocycles. The molecule has 0 saturated carbocycles. The van der Waals surface area contributed by atoms with Crippen molar-refractivity contribution in [3.8, 4) is 0 Å². The number of hydrogen-bond donors (Lipinski definition) is 1. The number of amides is 1. The first-order valence-electron chi connectivity index (χ1n) is 7.01. The maximum atomic E-state index is 12.5. The van der Waals surface area contributed by atoms with Crippen LogP contribution >= 0.6 is 11.3 Å². The molecule has 21 heavy (non-hydrogen) atoms. The largest absolute Gasteiger partial charge is 0.478 e. The first-order chi connectivity index (χ1) is 9.99. The van der Waals surface area contributed by atoms with E-state index in [0.29, 0.717) is 16.5 Å². The molecule has 114 valence electrons. The molecular weight excluding hydrogens is 288 g/mol. The molecule has 0 unspecified atom stereocenters. The van der Waals surface area contributed by atoms with Crippen molar-refractivity contribution in [1.29, 1.82) is 0 Å². The third-order valence-corrected chi connectivity index (χ3v) is 4.55. The molecule has 1 amide bonds. The van der Waals surface area contributed by atoms with E-state index < -0.39 is 5.97 Å². The van der Waals surface area contributed by atoms with Crippen molar-refractivity contribution in [3.05, 3.63) is 28.0 Å². The van der Waals surface area contributed by atoms with E-state index in [1.807, 2.05) is 10.3 Å². The Bertz CT molecular complexity index is 543. The lowest BCUT2D eigenvalue weighted by molar-refractivity contribution is -0.131. The lowest BCUT2D eigenvalue weighted by Gasteiger charge is -2.36. The van der Waals surface area contributed by atoms with Gasteiger partial charge in [0.1, 0.15) is 0 Å². The van der Waals surface area contributed by atoms with Crippen LogP contribution in [0.3, 0.4) is 0 Å². The first-order valence-corrected chi connectivity index (χ1v) is 7.89. The summed E-state index contributed by atoms with van der Waals surface area (Å²) in [6, 6.07) is 2.28. The fourth-order valence-corrected chi connectivity index (χ4v) is 3.22. The van der Waals surface area contributed by atoms with Gasteiger partial charge in [0.15, 0.2) is 0 Å². The number of carbonyl (C=O) groups excluding carboxylic acids is 1. The van der Waals surface area contributed by atoms with Gasteiger partial charge in [-0.1, -0.05) is 0 Å². The minimum absolute atomic E-state index is 0.00144. The molecule has 1 aromatic rings. The second-order valence-corrected chi connectivity index (χ2v) is 6.21. The molecule has 2 rings (SSSR count). The molecule has 6 heteroatoms. The summed E-state index contributed by atoms with van der Waals surface area (Å²) in [5, 5.41) is 10.5. The van der Waals surface area contributed by atoms with E-state index in [1.165, 1.54) is 17.4 Å². The van der Waals surface area contributed by atoms with Crippen LogP contribution in [-0.4, -0.2) is 59.0 Å². The lowest BCUT2D eigenvalue weighted by atomic mass is 10.2. The van der Waals surface area contributed by atoms with Crippen molar-refractivity contribution in [1.82, 2.24) is 9.80 Å². The first kappa shape index (κ1) is 15.7. The Morgan fingerprint density at radius 3 is 2.52 bits per heavy atom. The van der Waals surface area contributed by atoms with Crippen molar-refractivity contribution >= 4 is 29.3 Å². The number of aliphatic carboxylic acids is 1.